The number of sulfone groups is 1. The van der Waals surface area contributed by atoms with E-state index >= 15 is 0 Å². The van der Waals surface area contributed by atoms with Crippen molar-refractivity contribution in [1.29, 1.82) is 0 Å². The molecular formula is C23H26N2O5S. The summed E-state index contributed by atoms with van der Waals surface area (Å²) in [6.45, 7) is 5.28. The number of benzene rings is 2. The lowest BCUT2D eigenvalue weighted by molar-refractivity contribution is -0.142. The molecule has 0 unspecified atom stereocenters. The maximum atomic E-state index is 12.0. The van der Waals surface area contributed by atoms with Gasteiger partial charge in [-0.3, -0.25) is 4.79 Å². The highest BCUT2D eigenvalue weighted by molar-refractivity contribution is 7.90. The third kappa shape index (κ3) is 5.39. The summed E-state index contributed by atoms with van der Waals surface area (Å²) in [5, 5.41) is 10.4. The minimum atomic E-state index is -3.30. The Bertz CT molecular complexity index is 1190. The minimum absolute atomic E-state index is 0.0257. The third-order valence-corrected chi connectivity index (χ3v) is 5.86. The van der Waals surface area contributed by atoms with Crippen LogP contribution in [0.3, 0.4) is 0 Å². The molecule has 0 bridgehead atoms. The predicted molar refractivity (Wildman–Crippen MR) is 118 cm³/mol. The topological polar surface area (TPSA) is 98.5 Å². The lowest BCUT2D eigenvalue weighted by Gasteiger charge is -2.13. The first-order chi connectivity index (χ1) is 14.5. The molecule has 0 aliphatic rings. The summed E-state index contributed by atoms with van der Waals surface area (Å²) < 4.78 is 30.5. The van der Waals surface area contributed by atoms with E-state index in [-0.39, 0.29) is 17.9 Å². The van der Waals surface area contributed by atoms with E-state index in [0.29, 0.717) is 11.5 Å². The maximum Gasteiger partial charge on any atom is 0.313 e. The lowest BCUT2D eigenvalue weighted by Crippen LogP contribution is -2.16. The average Bonchev–Trinajstić information content (AvgIpc) is 3.12. The average molecular weight is 443 g/mol. The summed E-state index contributed by atoms with van der Waals surface area (Å²) >= 11 is 0. The van der Waals surface area contributed by atoms with Crippen molar-refractivity contribution < 1.29 is 23.1 Å². The van der Waals surface area contributed by atoms with Gasteiger partial charge in [0.25, 0.3) is 0 Å². The number of carbonyl (C=O) groups excluding carboxylic acids is 1. The Morgan fingerprint density at radius 1 is 1.13 bits per heavy atom. The predicted octanol–water partition coefficient (Wildman–Crippen LogP) is 3.28. The van der Waals surface area contributed by atoms with Crippen molar-refractivity contribution >= 4 is 15.8 Å². The fourth-order valence-corrected chi connectivity index (χ4v) is 3.79. The number of imidazole rings is 1. The number of ether oxygens (including phenoxy) is 1. The van der Waals surface area contributed by atoms with E-state index < -0.39 is 21.4 Å². The highest BCUT2D eigenvalue weighted by Gasteiger charge is 2.23. The number of aliphatic hydroxyl groups is 1. The van der Waals surface area contributed by atoms with Gasteiger partial charge in [0, 0.05) is 18.1 Å². The van der Waals surface area contributed by atoms with Crippen molar-refractivity contribution in [3.05, 3.63) is 66.2 Å². The number of hydrogen-bond acceptors (Lipinski definition) is 6. The zero-order chi connectivity index (χ0) is 22.8. The van der Waals surface area contributed by atoms with Crippen LogP contribution >= 0.6 is 0 Å². The van der Waals surface area contributed by atoms with Crippen molar-refractivity contribution in [2.75, 3.05) is 12.9 Å². The highest BCUT2D eigenvalue weighted by atomic mass is 32.2. The summed E-state index contributed by atoms with van der Waals surface area (Å²) in [5.41, 5.74) is 1.66. The van der Waals surface area contributed by atoms with Gasteiger partial charge in [-0.1, -0.05) is 24.3 Å². The number of esters is 1. The lowest BCUT2D eigenvalue weighted by atomic mass is 10.1. The molecule has 7 nitrogen and oxygen atoms in total. The molecule has 0 radical (unpaired) electrons. The molecule has 1 aromatic heterocycles. The van der Waals surface area contributed by atoms with E-state index in [1.54, 1.807) is 49.7 Å². The van der Waals surface area contributed by atoms with Gasteiger partial charge in [-0.25, -0.2) is 13.4 Å². The molecule has 1 heterocycles. The molecule has 0 amide bonds. The number of rotatable bonds is 7. The van der Waals surface area contributed by atoms with Gasteiger partial charge in [-0.15, -0.1) is 0 Å². The number of nitrogens with zero attached hydrogens (tertiary/aromatic N) is 2. The van der Waals surface area contributed by atoms with Gasteiger partial charge in [-0.2, -0.15) is 0 Å². The fourth-order valence-electron chi connectivity index (χ4n) is 3.12. The van der Waals surface area contributed by atoms with Gasteiger partial charge >= 0.3 is 5.97 Å². The molecule has 3 aromatic rings. The number of carbonyl (C=O) groups is 1. The van der Waals surface area contributed by atoms with Crippen LogP contribution in [-0.2, 0) is 31.4 Å². The third-order valence-electron chi connectivity index (χ3n) is 4.75. The van der Waals surface area contributed by atoms with Crippen LogP contribution in [0.15, 0.2) is 59.6 Å². The molecule has 0 fully saturated rings. The molecule has 0 aliphatic carbocycles. The number of aromatic nitrogens is 2. The van der Waals surface area contributed by atoms with Crippen LogP contribution in [0.2, 0.25) is 0 Å². The van der Waals surface area contributed by atoms with Crippen LogP contribution in [0.4, 0.5) is 0 Å². The molecule has 1 N–H and O–H groups in total. The summed E-state index contributed by atoms with van der Waals surface area (Å²) in [5.74, 6) is 0.0632. The molecule has 31 heavy (non-hydrogen) atoms. The van der Waals surface area contributed by atoms with Crippen LogP contribution in [0.1, 0.15) is 32.3 Å². The minimum Gasteiger partial charge on any atom is -0.466 e. The monoisotopic (exact) mass is 442 g/mol. The van der Waals surface area contributed by atoms with Crippen molar-refractivity contribution in [2.24, 2.45) is 0 Å². The summed E-state index contributed by atoms with van der Waals surface area (Å²) in [6, 6.07) is 14.2. The smallest absolute Gasteiger partial charge is 0.313 e. The first kappa shape index (κ1) is 22.7. The van der Waals surface area contributed by atoms with Crippen LogP contribution in [0, 0.1) is 0 Å². The van der Waals surface area contributed by atoms with Crippen LogP contribution in [-0.4, -0.2) is 41.9 Å². The normalized spacial score (nSPS) is 12.0. The zero-order valence-electron chi connectivity index (χ0n) is 18.0. The van der Waals surface area contributed by atoms with Gasteiger partial charge in [-0.05, 0) is 56.2 Å². The van der Waals surface area contributed by atoms with Crippen LogP contribution in [0.25, 0.3) is 16.8 Å². The van der Waals surface area contributed by atoms with Crippen LogP contribution in [0.5, 0.6) is 0 Å². The fraction of sp³-hybridized carbons (Fsp3) is 0.304. The Hall–Kier alpha value is -2.97. The Balaban J connectivity index is 1.98. The van der Waals surface area contributed by atoms with Gasteiger partial charge in [0.15, 0.2) is 9.84 Å². The highest BCUT2D eigenvalue weighted by Crippen LogP contribution is 2.26. The van der Waals surface area contributed by atoms with Crippen molar-refractivity contribution in [3.63, 3.8) is 0 Å². The summed E-state index contributed by atoms with van der Waals surface area (Å²) in [7, 11) is -3.30. The van der Waals surface area contributed by atoms with Crippen molar-refractivity contribution in [3.8, 4) is 16.8 Å². The Morgan fingerprint density at radius 2 is 1.81 bits per heavy atom. The molecule has 0 saturated heterocycles. The first-order valence-corrected chi connectivity index (χ1v) is 11.8. The van der Waals surface area contributed by atoms with E-state index in [1.807, 2.05) is 30.3 Å². The molecule has 0 spiro atoms. The molecular weight excluding hydrogens is 416 g/mol. The SMILES string of the molecule is CCOC(=O)Cc1nc(C(C)(C)O)cn1-c1ccc(-c2cccc(S(C)(=O)=O)c2)cc1. The summed E-state index contributed by atoms with van der Waals surface area (Å²) in [4.78, 5) is 16.7. The van der Waals surface area contributed by atoms with Crippen molar-refractivity contribution in [1.82, 2.24) is 9.55 Å². The van der Waals surface area contributed by atoms with Gasteiger partial charge in [0.05, 0.1) is 17.2 Å². The van der Waals surface area contributed by atoms with Crippen molar-refractivity contribution in [2.45, 2.75) is 37.7 Å². The summed E-state index contributed by atoms with van der Waals surface area (Å²) in [6.07, 6.45) is 2.86. The molecule has 3 rings (SSSR count). The van der Waals surface area contributed by atoms with Gasteiger partial charge in [0.2, 0.25) is 0 Å². The van der Waals surface area contributed by atoms with E-state index in [2.05, 4.69) is 4.98 Å². The van der Waals surface area contributed by atoms with E-state index in [4.69, 9.17) is 4.74 Å². The second-order valence-corrected chi connectivity index (χ2v) is 9.82. The second-order valence-electron chi connectivity index (χ2n) is 7.80. The zero-order valence-corrected chi connectivity index (χ0v) is 18.8. The van der Waals surface area contributed by atoms with E-state index in [0.717, 1.165) is 16.8 Å². The van der Waals surface area contributed by atoms with Crippen LogP contribution < -0.4 is 0 Å². The largest absolute Gasteiger partial charge is 0.466 e. The van der Waals surface area contributed by atoms with E-state index in [9.17, 15) is 18.3 Å². The second kappa shape index (κ2) is 8.64. The molecule has 2 aromatic carbocycles. The quantitative estimate of drug-likeness (QED) is 0.564. The number of hydrogen-bond donors (Lipinski definition) is 1. The van der Waals surface area contributed by atoms with Gasteiger partial charge < -0.3 is 14.4 Å². The molecule has 0 atom stereocenters. The standard InChI is InChI=1S/C23H26N2O5S/c1-5-30-22(26)14-21-24-20(23(2,3)27)15-25(21)18-11-9-16(10-12-18)17-7-6-8-19(13-17)31(4,28)29/h6-13,15,27H,5,14H2,1-4H3. The Labute approximate surface area is 182 Å². The maximum absolute atomic E-state index is 12.0. The Kier molecular flexibility index (Phi) is 6.33. The molecule has 164 valence electrons. The molecule has 8 heteroatoms. The van der Waals surface area contributed by atoms with E-state index in [1.165, 1.54) is 6.26 Å². The Morgan fingerprint density at radius 3 is 2.39 bits per heavy atom. The first-order valence-electron chi connectivity index (χ1n) is 9.86. The van der Waals surface area contributed by atoms with Gasteiger partial charge in [0.1, 0.15) is 17.8 Å². The molecule has 0 aliphatic heterocycles. The molecule has 0 saturated carbocycles.